The first-order valence-electron chi connectivity index (χ1n) is 5.34. The number of anilines is 3. The Balaban J connectivity index is 2.30. The van der Waals surface area contributed by atoms with E-state index < -0.39 is 0 Å². The molecule has 4 nitrogen and oxygen atoms in total. The minimum Gasteiger partial charge on any atom is -0.357 e. The maximum Gasteiger partial charge on any atom is 0.224 e. The van der Waals surface area contributed by atoms with Crippen LogP contribution in [0, 0.1) is 10.5 Å². The second-order valence-corrected chi connectivity index (χ2v) is 5.37. The molecule has 0 atom stereocenters. The molecule has 0 spiro atoms. The maximum absolute atomic E-state index is 6.17. The highest BCUT2D eigenvalue weighted by Gasteiger charge is 2.04. The Morgan fingerprint density at radius 3 is 2.67 bits per heavy atom. The lowest BCUT2D eigenvalue weighted by Gasteiger charge is -2.09. The summed E-state index contributed by atoms with van der Waals surface area (Å²) < 4.78 is 1.10. The Kier molecular flexibility index (Phi) is 4.23. The van der Waals surface area contributed by atoms with Gasteiger partial charge in [0.15, 0.2) is 0 Å². The first kappa shape index (κ1) is 13.4. The van der Waals surface area contributed by atoms with Gasteiger partial charge in [-0.1, -0.05) is 11.6 Å². The van der Waals surface area contributed by atoms with Crippen molar-refractivity contribution in [3.8, 4) is 0 Å². The van der Waals surface area contributed by atoms with Gasteiger partial charge in [0.1, 0.15) is 5.82 Å². The average molecular weight is 375 g/mol. The van der Waals surface area contributed by atoms with Crippen LogP contribution in [-0.4, -0.2) is 17.0 Å². The molecule has 2 rings (SSSR count). The Hall–Kier alpha value is -1.08. The van der Waals surface area contributed by atoms with Crippen molar-refractivity contribution in [2.24, 2.45) is 0 Å². The van der Waals surface area contributed by atoms with E-state index in [-0.39, 0.29) is 0 Å². The molecular weight excluding hydrogens is 363 g/mol. The lowest BCUT2D eigenvalue weighted by molar-refractivity contribution is 1.10. The summed E-state index contributed by atoms with van der Waals surface area (Å²) in [4.78, 5) is 8.55. The Bertz CT molecular complexity index is 574. The van der Waals surface area contributed by atoms with Crippen LogP contribution in [0.3, 0.4) is 0 Å². The molecule has 2 N–H and O–H groups in total. The summed E-state index contributed by atoms with van der Waals surface area (Å²) >= 11 is 8.39. The summed E-state index contributed by atoms with van der Waals surface area (Å²) in [6, 6.07) is 7.69. The van der Waals surface area contributed by atoms with E-state index in [1.807, 2.05) is 31.2 Å². The van der Waals surface area contributed by atoms with Crippen molar-refractivity contribution in [1.29, 1.82) is 0 Å². The Morgan fingerprint density at radius 1 is 1.22 bits per heavy atom. The van der Waals surface area contributed by atoms with E-state index in [4.69, 9.17) is 11.6 Å². The molecule has 1 aromatic carbocycles. The molecule has 0 saturated heterocycles. The quantitative estimate of drug-likeness (QED) is 0.802. The topological polar surface area (TPSA) is 49.8 Å². The first-order valence-corrected chi connectivity index (χ1v) is 6.79. The van der Waals surface area contributed by atoms with E-state index in [2.05, 4.69) is 43.2 Å². The van der Waals surface area contributed by atoms with E-state index >= 15 is 0 Å². The molecule has 2 aromatic rings. The molecule has 6 heteroatoms. The second kappa shape index (κ2) is 5.71. The second-order valence-electron chi connectivity index (χ2n) is 3.72. The van der Waals surface area contributed by atoms with Crippen LogP contribution >= 0.6 is 34.2 Å². The standard InChI is InChI=1S/C12H12ClIN4/c1-7-5-11(18-12(15-2)16-7)17-10-4-3-8(14)6-9(10)13/h3-6H,1-2H3,(H2,15,16,17,18). The smallest absolute Gasteiger partial charge is 0.224 e. The van der Waals surface area contributed by atoms with Gasteiger partial charge in [-0.15, -0.1) is 0 Å². The molecule has 1 aromatic heterocycles. The van der Waals surface area contributed by atoms with Crippen molar-refractivity contribution in [3.63, 3.8) is 0 Å². The number of nitrogens with one attached hydrogen (secondary N) is 2. The highest BCUT2D eigenvalue weighted by molar-refractivity contribution is 14.1. The van der Waals surface area contributed by atoms with E-state index in [0.717, 1.165) is 20.8 Å². The highest BCUT2D eigenvalue weighted by Crippen LogP contribution is 2.26. The predicted molar refractivity (Wildman–Crippen MR) is 83.8 cm³/mol. The van der Waals surface area contributed by atoms with Gasteiger partial charge in [0, 0.05) is 22.4 Å². The molecule has 1 heterocycles. The number of aromatic nitrogens is 2. The van der Waals surface area contributed by atoms with E-state index in [1.54, 1.807) is 7.05 Å². The van der Waals surface area contributed by atoms with Crippen molar-refractivity contribution in [1.82, 2.24) is 9.97 Å². The maximum atomic E-state index is 6.17. The minimum absolute atomic E-state index is 0.583. The number of hydrogen-bond donors (Lipinski definition) is 2. The van der Waals surface area contributed by atoms with Crippen LogP contribution in [-0.2, 0) is 0 Å². The van der Waals surface area contributed by atoms with E-state index in [9.17, 15) is 0 Å². The summed E-state index contributed by atoms with van der Waals surface area (Å²) in [6.07, 6.45) is 0. The van der Waals surface area contributed by atoms with Gasteiger partial charge in [0.25, 0.3) is 0 Å². The van der Waals surface area contributed by atoms with E-state index in [1.165, 1.54) is 0 Å². The summed E-state index contributed by atoms with van der Waals surface area (Å²) in [7, 11) is 1.79. The third kappa shape index (κ3) is 3.23. The largest absolute Gasteiger partial charge is 0.357 e. The first-order chi connectivity index (χ1) is 8.58. The molecule has 0 radical (unpaired) electrons. The molecule has 0 saturated carbocycles. The Morgan fingerprint density at radius 2 is 2.00 bits per heavy atom. The summed E-state index contributed by atoms with van der Waals surface area (Å²) in [5.41, 5.74) is 1.72. The lowest BCUT2D eigenvalue weighted by atomic mass is 10.3. The molecule has 0 aliphatic rings. The van der Waals surface area contributed by atoms with Gasteiger partial charge in [-0.3, -0.25) is 0 Å². The highest BCUT2D eigenvalue weighted by atomic mass is 127. The number of rotatable bonds is 3. The van der Waals surface area contributed by atoms with Crippen molar-refractivity contribution in [2.75, 3.05) is 17.7 Å². The molecule has 0 aliphatic heterocycles. The average Bonchev–Trinajstić information content (AvgIpc) is 2.32. The Labute approximate surface area is 124 Å². The van der Waals surface area contributed by atoms with Crippen LogP contribution < -0.4 is 10.6 Å². The van der Waals surface area contributed by atoms with Crippen molar-refractivity contribution in [3.05, 3.63) is 38.6 Å². The van der Waals surface area contributed by atoms with Gasteiger partial charge in [-0.2, -0.15) is 4.98 Å². The summed E-state index contributed by atoms with van der Waals surface area (Å²) in [6.45, 7) is 1.92. The van der Waals surface area contributed by atoms with Crippen molar-refractivity contribution >= 4 is 51.6 Å². The zero-order chi connectivity index (χ0) is 13.1. The number of nitrogens with zero attached hydrogens (tertiary/aromatic N) is 2. The zero-order valence-electron chi connectivity index (χ0n) is 9.96. The predicted octanol–water partition coefficient (Wildman–Crippen LogP) is 3.83. The fourth-order valence-corrected chi connectivity index (χ4v) is 2.38. The van der Waals surface area contributed by atoms with Gasteiger partial charge in [-0.25, -0.2) is 4.98 Å². The molecule has 94 valence electrons. The molecular formula is C12H12ClIN4. The van der Waals surface area contributed by atoms with E-state index in [0.29, 0.717) is 11.0 Å². The van der Waals surface area contributed by atoms with Crippen LogP contribution in [0.4, 0.5) is 17.5 Å². The van der Waals surface area contributed by atoms with Gasteiger partial charge >= 0.3 is 0 Å². The monoisotopic (exact) mass is 374 g/mol. The van der Waals surface area contributed by atoms with Crippen molar-refractivity contribution < 1.29 is 0 Å². The number of halogens is 2. The van der Waals surface area contributed by atoms with Crippen LogP contribution in [0.1, 0.15) is 5.69 Å². The lowest BCUT2D eigenvalue weighted by Crippen LogP contribution is -2.02. The van der Waals surface area contributed by atoms with Gasteiger partial charge in [0.05, 0.1) is 10.7 Å². The molecule has 0 fully saturated rings. The normalized spacial score (nSPS) is 10.2. The van der Waals surface area contributed by atoms with Crippen LogP contribution in [0.2, 0.25) is 5.02 Å². The van der Waals surface area contributed by atoms with Crippen LogP contribution in [0.15, 0.2) is 24.3 Å². The third-order valence-corrected chi connectivity index (χ3v) is 3.26. The van der Waals surface area contributed by atoms with Gasteiger partial charge in [-0.05, 0) is 47.7 Å². The fourth-order valence-electron chi connectivity index (χ4n) is 1.47. The minimum atomic E-state index is 0.583. The zero-order valence-corrected chi connectivity index (χ0v) is 12.9. The number of aryl methyl sites for hydroxylation is 1. The number of hydrogen-bond acceptors (Lipinski definition) is 4. The third-order valence-electron chi connectivity index (χ3n) is 2.27. The molecule has 0 bridgehead atoms. The van der Waals surface area contributed by atoms with Gasteiger partial charge < -0.3 is 10.6 Å². The molecule has 0 unspecified atom stereocenters. The van der Waals surface area contributed by atoms with Crippen molar-refractivity contribution in [2.45, 2.75) is 6.92 Å². The fraction of sp³-hybridized carbons (Fsp3) is 0.167. The molecule has 18 heavy (non-hydrogen) atoms. The van der Waals surface area contributed by atoms with Crippen LogP contribution in [0.5, 0.6) is 0 Å². The van der Waals surface area contributed by atoms with Crippen LogP contribution in [0.25, 0.3) is 0 Å². The molecule has 0 amide bonds. The van der Waals surface area contributed by atoms with Gasteiger partial charge in [0.2, 0.25) is 5.95 Å². The summed E-state index contributed by atoms with van der Waals surface area (Å²) in [5, 5.41) is 6.78. The SMILES string of the molecule is CNc1nc(C)cc(Nc2ccc(I)cc2Cl)n1. The number of benzene rings is 1. The molecule has 0 aliphatic carbocycles. The summed E-state index contributed by atoms with van der Waals surface area (Å²) in [5.74, 6) is 1.30.